The van der Waals surface area contributed by atoms with Gasteiger partial charge < -0.3 is 10.2 Å². The van der Waals surface area contributed by atoms with Crippen LogP contribution in [-0.2, 0) is 9.59 Å². The first-order chi connectivity index (χ1) is 10.4. The maximum absolute atomic E-state index is 12.1. The van der Waals surface area contributed by atoms with E-state index in [4.69, 9.17) is 16.9 Å². The lowest BCUT2D eigenvalue weighted by atomic mass is 9.76. The van der Waals surface area contributed by atoms with Gasteiger partial charge in [-0.3, -0.25) is 9.59 Å². The minimum Gasteiger partial charge on any atom is -0.319 e. The summed E-state index contributed by atoms with van der Waals surface area (Å²) in [6.45, 7) is 0. The number of carbonyl (C=O) groups excluding carboxylic acids is 2. The fraction of sp³-hybridized carbons (Fsp3) is 0.333. The van der Waals surface area contributed by atoms with Crippen molar-refractivity contribution in [1.82, 2.24) is 4.90 Å². The number of carbonyl (C=O) groups is 2. The Morgan fingerprint density at radius 1 is 1.36 bits per heavy atom. The average molecular weight is 317 g/mol. The first-order valence-electron chi connectivity index (χ1n) is 6.63. The van der Waals surface area contributed by atoms with Crippen LogP contribution in [-0.4, -0.2) is 29.3 Å². The molecule has 2 amide bonds. The molecular weight excluding hydrogens is 304 g/mol. The third-order valence-electron chi connectivity index (χ3n) is 3.88. The summed E-state index contributed by atoms with van der Waals surface area (Å²) in [7, 11) is 1.45. The van der Waals surface area contributed by atoms with Crippen molar-refractivity contribution in [2.45, 2.75) is 24.8 Å². The zero-order chi connectivity index (χ0) is 16.3. The standard InChI is InChI=1S/C15H13ClN4O2/c1-20(15(9-18)5-2-6-15)14(22)13(21)19-11-4-3-10(8-17)12(16)7-11/h3-4,7H,2,5-6H2,1H3,(H,19,21). The highest BCUT2D eigenvalue weighted by atomic mass is 35.5. The van der Waals surface area contributed by atoms with Crippen LogP contribution in [0.5, 0.6) is 0 Å². The van der Waals surface area contributed by atoms with Crippen molar-refractivity contribution in [2.75, 3.05) is 12.4 Å². The predicted octanol–water partition coefficient (Wildman–Crippen LogP) is 2.05. The number of nitriles is 2. The topological polar surface area (TPSA) is 97.0 Å². The van der Waals surface area contributed by atoms with Crippen molar-refractivity contribution < 1.29 is 9.59 Å². The van der Waals surface area contributed by atoms with Crippen LogP contribution in [0.2, 0.25) is 5.02 Å². The van der Waals surface area contributed by atoms with E-state index in [0.29, 0.717) is 18.5 Å². The molecule has 7 heteroatoms. The number of amides is 2. The largest absolute Gasteiger partial charge is 0.319 e. The SMILES string of the molecule is CN(C(=O)C(=O)Nc1ccc(C#N)c(Cl)c1)C1(C#N)CCC1. The van der Waals surface area contributed by atoms with Crippen LogP contribution in [0.4, 0.5) is 5.69 Å². The Hall–Kier alpha value is -2.57. The predicted molar refractivity (Wildman–Crippen MR) is 79.8 cm³/mol. The van der Waals surface area contributed by atoms with Crippen LogP contribution in [0, 0.1) is 22.7 Å². The number of rotatable bonds is 2. The van der Waals surface area contributed by atoms with Crippen LogP contribution < -0.4 is 5.32 Å². The summed E-state index contributed by atoms with van der Waals surface area (Å²) < 4.78 is 0. The molecular formula is C15H13ClN4O2. The third kappa shape index (κ3) is 2.74. The maximum Gasteiger partial charge on any atom is 0.313 e. The molecule has 0 aliphatic heterocycles. The van der Waals surface area contributed by atoms with E-state index in [9.17, 15) is 14.9 Å². The molecule has 1 aromatic carbocycles. The lowest BCUT2D eigenvalue weighted by molar-refractivity contribution is -0.146. The Balaban J connectivity index is 2.09. The van der Waals surface area contributed by atoms with E-state index in [1.807, 2.05) is 6.07 Å². The number of benzene rings is 1. The molecule has 0 aromatic heterocycles. The van der Waals surface area contributed by atoms with E-state index < -0.39 is 17.4 Å². The van der Waals surface area contributed by atoms with Gasteiger partial charge in [0.1, 0.15) is 11.6 Å². The van der Waals surface area contributed by atoms with Crippen LogP contribution >= 0.6 is 11.6 Å². The molecule has 0 bridgehead atoms. The van der Waals surface area contributed by atoms with Gasteiger partial charge in [-0.25, -0.2) is 0 Å². The highest BCUT2D eigenvalue weighted by Gasteiger charge is 2.44. The average Bonchev–Trinajstić information content (AvgIpc) is 2.46. The summed E-state index contributed by atoms with van der Waals surface area (Å²) in [6.07, 6.45) is 2.00. The maximum atomic E-state index is 12.1. The molecule has 0 radical (unpaired) electrons. The number of halogens is 1. The van der Waals surface area contributed by atoms with Crippen molar-refractivity contribution in [2.24, 2.45) is 0 Å². The summed E-state index contributed by atoms with van der Waals surface area (Å²) in [6, 6.07) is 8.35. The molecule has 1 N–H and O–H groups in total. The fourth-order valence-corrected chi connectivity index (χ4v) is 2.47. The fourth-order valence-electron chi connectivity index (χ4n) is 2.25. The monoisotopic (exact) mass is 316 g/mol. The van der Waals surface area contributed by atoms with Gasteiger partial charge in [0.15, 0.2) is 0 Å². The van der Waals surface area contributed by atoms with Crippen molar-refractivity contribution >= 4 is 29.1 Å². The summed E-state index contributed by atoms with van der Waals surface area (Å²) in [4.78, 5) is 25.3. The Morgan fingerprint density at radius 3 is 2.50 bits per heavy atom. The van der Waals surface area contributed by atoms with Gasteiger partial charge in [0.05, 0.1) is 16.7 Å². The summed E-state index contributed by atoms with van der Waals surface area (Å²) >= 11 is 5.87. The Kier molecular flexibility index (Phi) is 4.35. The quantitative estimate of drug-likeness (QED) is 0.844. The summed E-state index contributed by atoms with van der Waals surface area (Å²) in [5.74, 6) is -1.62. The molecule has 0 heterocycles. The van der Waals surface area contributed by atoms with Gasteiger partial charge in [0, 0.05) is 12.7 Å². The Bertz CT molecular complexity index is 713. The van der Waals surface area contributed by atoms with Crippen molar-refractivity contribution in [1.29, 1.82) is 10.5 Å². The molecule has 1 aliphatic carbocycles. The third-order valence-corrected chi connectivity index (χ3v) is 4.19. The number of likely N-dealkylation sites (N-methyl/N-ethyl adjacent to an activating group) is 1. The minimum atomic E-state index is -0.878. The van der Waals surface area contributed by atoms with Gasteiger partial charge in [0.2, 0.25) is 0 Å². The van der Waals surface area contributed by atoms with E-state index in [1.165, 1.54) is 30.1 Å². The molecule has 0 atom stereocenters. The number of hydrogen-bond donors (Lipinski definition) is 1. The zero-order valence-electron chi connectivity index (χ0n) is 11.9. The number of hydrogen-bond acceptors (Lipinski definition) is 4. The number of nitrogens with zero attached hydrogens (tertiary/aromatic N) is 3. The molecule has 1 fully saturated rings. The van der Waals surface area contributed by atoms with E-state index in [2.05, 4.69) is 11.4 Å². The second kappa shape index (κ2) is 6.05. The molecule has 6 nitrogen and oxygen atoms in total. The normalized spacial score (nSPS) is 14.9. The molecule has 0 saturated heterocycles. The van der Waals surface area contributed by atoms with Crippen molar-refractivity contribution in [3.05, 3.63) is 28.8 Å². The number of nitrogens with one attached hydrogen (secondary N) is 1. The Morgan fingerprint density at radius 2 is 2.05 bits per heavy atom. The molecule has 0 unspecified atom stereocenters. The zero-order valence-corrected chi connectivity index (χ0v) is 12.6. The molecule has 112 valence electrons. The molecule has 0 spiro atoms. The summed E-state index contributed by atoms with van der Waals surface area (Å²) in [5, 5.41) is 20.6. The molecule has 22 heavy (non-hydrogen) atoms. The van der Waals surface area contributed by atoms with Crippen LogP contribution in [0.15, 0.2) is 18.2 Å². The van der Waals surface area contributed by atoms with Gasteiger partial charge in [0.25, 0.3) is 0 Å². The van der Waals surface area contributed by atoms with Crippen molar-refractivity contribution in [3.63, 3.8) is 0 Å². The first-order valence-corrected chi connectivity index (χ1v) is 7.01. The summed E-state index contributed by atoms with van der Waals surface area (Å²) in [5.41, 5.74) is -0.284. The Labute approximate surface area is 132 Å². The highest BCUT2D eigenvalue weighted by Crippen LogP contribution is 2.36. The van der Waals surface area contributed by atoms with Gasteiger partial charge >= 0.3 is 11.8 Å². The minimum absolute atomic E-state index is 0.189. The first kappa shape index (κ1) is 15.8. The molecule has 2 rings (SSSR count). The second-order valence-corrected chi connectivity index (χ2v) is 5.53. The molecule has 1 aliphatic rings. The van der Waals surface area contributed by atoms with E-state index in [0.717, 1.165) is 6.42 Å². The van der Waals surface area contributed by atoms with E-state index in [1.54, 1.807) is 0 Å². The smallest absolute Gasteiger partial charge is 0.313 e. The molecule has 1 aromatic rings. The van der Waals surface area contributed by atoms with Gasteiger partial charge in [-0.2, -0.15) is 10.5 Å². The molecule has 1 saturated carbocycles. The van der Waals surface area contributed by atoms with Gasteiger partial charge in [-0.1, -0.05) is 11.6 Å². The number of anilines is 1. The van der Waals surface area contributed by atoms with Crippen molar-refractivity contribution in [3.8, 4) is 12.1 Å². The van der Waals surface area contributed by atoms with Crippen LogP contribution in [0.25, 0.3) is 0 Å². The lowest BCUT2D eigenvalue weighted by Gasteiger charge is -2.42. The van der Waals surface area contributed by atoms with Gasteiger partial charge in [-0.15, -0.1) is 0 Å². The lowest BCUT2D eigenvalue weighted by Crippen LogP contribution is -2.55. The van der Waals surface area contributed by atoms with Crippen LogP contribution in [0.3, 0.4) is 0 Å². The van der Waals surface area contributed by atoms with Gasteiger partial charge in [-0.05, 0) is 37.5 Å². The second-order valence-electron chi connectivity index (χ2n) is 5.12. The highest BCUT2D eigenvalue weighted by molar-refractivity contribution is 6.40. The van der Waals surface area contributed by atoms with E-state index in [-0.39, 0.29) is 10.6 Å². The van der Waals surface area contributed by atoms with E-state index >= 15 is 0 Å². The van der Waals surface area contributed by atoms with Crippen LogP contribution in [0.1, 0.15) is 24.8 Å².